The van der Waals surface area contributed by atoms with Crippen LogP contribution in [0.4, 0.5) is 8.78 Å². The minimum absolute atomic E-state index is 0.119. The van der Waals surface area contributed by atoms with Crippen LogP contribution in [0.25, 0.3) is 0 Å². The largest absolute Gasteiger partial charge is 0.466 e. The zero-order chi connectivity index (χ0) is 14.4. The topological polar surface area (TPSA) is 59.3 Å². The summed E-state index contributed by atoms with van der Waals surface area (Å²) in [7, 11) is 0. The fourth-order valence-electron chi connectivity index (χ4n) is 1.40. The van der Waals surface area contributed by atoms with Gasteiger partial charge in [-0.25, -0.2) is 0 Å². The summed E-state index contributed by atoms with van der Waals surface area (Å²) in [5.74, 6) is -0.682. The Bertz CT molecular complexity index is 514. The van der Waals surface area contributed by atoms with Crippen molar-refractivity contribution in [1.82, 2.24) is 0 Å². The highest BCUT2D eigenvalue weighted by molar-refractivity contribution is 14.1. The van der Waals surface area contributed by atoms with Crippen molar-refractivity contribution in [2.24, 2.45) is 0 Å². The third-order valence-electron chi connectivity index (χ3n) is 2.13. The molecule has 0 saturated carbocycles. The first kappa shape index (κ1) is 15.6. The number of rotatable bonds is 5. The molecule has 0 amide bonds. The van der Waals surface area contributed by atoms with Crippen molar-refractivity contribution in [2.75, 3.05) is 6.61 Å². The number of benzene rings is 1. The summed E-state index contributed by atoms with van der Waals surface area (Å²) in [4.78, 5) is 11.4. The molecule has 0 aliphatic heterocycles. The van der Waals surface area contributed by atoms with Gasteiger partial charge in [-0.2, -0.15) is 14.0 Å². The monoisotopic (exact) mass is 381 g/mol. The van der Waals surface area contributed by atoms with Crippen molar-refractivity contribution >= 4 is 28.6 Å². The standard InChI is InChI=1S/C12H10F2INO3/c1-2-18-11(17)4-7-3-8(6-16)9(15)5-10(7)19-12(13)14/h3,5,12H,2,4H2,1H3. The van der Waals surface area contributed by atoms with E-state index in [4.69, 9.17) is 10.00 Å². The van der Waals surface area contributed by atoms with Gasteiger partial charge in [0.25, 0.3) is 0 Å². The maximum atomic E-state index is 12.3. The molecule has 0 bridgehead atoms. The van der Waals surface area contributed by atoms with Crippen LogP contribution in [0.2, 0.25) is 0 Å². The molecule has 0 aliphatic rings. The lowest BCUT2D eigenvalue weighted by Gasteiger charge is -2.11. The average Bonchev–Trinajstić information content (AvgIpc) is 2.32. The first-order valence-electron chi connectivity index (χ1n) is 5.30. The second-order valence-electron chi connectivity index (χ2n) is 3.41. The number of alkyl halides is 2. The molecule has 1 rings (SSSR count). The highest BCUT2D eigenvalue weighted by Crippen LogP contribution is 2.27. The van der Waals surface area contributed by atoms with Gasteiger partial charge < -0.3 is 9.47 Å². The molecule has 4 nitrogen and oxygen atoms in total. The van der Waals surface area contributed by atoms with Crippen molar-refractivity contribution in [3.63, 3.8) is 0 Å². The van der Waals surface area contributed by atoms with E-state index in [-0.39, 0.29) is 24.3 Å². The molecule has 0 spiro atoms. The number of nitrogens with zero attached hydrogens (tertiary/aromatic N) is 1. The number of hydrogen-bond acceptors (Lipinski definition) is 4. The maximum Gasteiger partial charge on any atom is 0.387 e. The third-order valence-corrected chi connectivity index (χ3v) is 3.02. The van der Waals surface area contributed by atoms with Gasteiger partial charge in [0.05, 0.1) is 18.6 Å². The molecule has 0 fully saturated rings. The van der Waals surface area contributed by atoms with Crippen LogP contribution in [0.5, 0.6) is 5.75 Å². The summed E-state index contributed by atoms with van der Waals surface area (Å²) >= 11 is 1.84. The summed E-state index contributed by atoms with van der Waals surface area (Å²) in [5, 5.41) is 8.89. The van der Waals surface area contributed by atoms with Crippen LogP contribution in [0.15, 0.2) is 12.1 Å². The molecule has 102 valence electrons. The number of hydrogen-bond donors (Lipinski definition) is 0. The second kappa shape index (κ2) is 7.23. The molecule has 0 N–H and O–H groups in total. The van der Waals surface area contributed by atoms with E-state index in [0.717, 1.165) is 0 Å². The first-order chi connectivity index (χ1) is 8.97. The quantitative estimate of drug-likeness (QED) is 0.582. The van der Waals surface area contributed by atoms with Crippen LogP contribution in [0.3, 0.4) is 0 Å². The van der Waals surface area contributed by atoms with E-state index in [1.54, 1.807) is 6.92 Å². The highest BCUT2D eigenvalue weighted by Gasteiger charge is 2.16. The number of carbonyl (C=O) groups is 1. The van der Waals surface area contributed by atoms with Gasteiger partial charge in [0.2, 0.25) is 0 Å². The average molecular weight is 381 g/mol. The molecule has 19 heavy (non-hydrogen) atoms. The Balaban J connectivity index is 3.10. The van der Waals surface area contributed by atoms with E-state index in [1.807, 2.05) is 28.7 Å². The molecule has 0 radical (unpaired) electrons. The molecule has 1 aromatic rings. The first-order valence-corrected chi connectivity index (χ1v) is 6.38. The van der Waals surface area contributed by atoms with Gasteiger partial charge in [-0.15, -0.1) is 0 Å². The van der Waals surface area contributed by atoms with E-state index in [2.05, 4.69) is 4.74 Å². The van der Waals surface area contributed by atoms with E-state index in [9.17, 15) is 13.6 Å². The van der Waals surface area contributed by atoms with Gasteiger partial charge in [-0.1, -0.05) is 0 Å². The third kappa shape index (κ3) is 4.63. The Morgan fingerprint density at radius 2 is 2.21 bits per heavy atom. The minimum Gasteiger partial charge on any atom is -0.466 e. The molecule has 1 aromatic carbocycles. The number of carbonyl (C=O) groups excluding carboxylic acids is 1. The van der Waals surface area contributed by atoms with Crippen LogP contribution in [-0.4, -0.2) is 19.2 Å². The lowest BCUT2D eigenvalue weighted by atomic mass is 10.1. The second-order valence-corrected chi connectivity index (χ2v) is 4.57. The van der Waals surface area contributed by atoms with Gasteiger partial charge >= 0.3 is 12.6 Å². The van der Waals surface area contributed by atoms with Gasteiger partial charge in [0, 0.05) is 9.13 Å². The predicted octanol–water partition coefficient (Wildman–Crippen LogP) is 2.87. The van der Waals surface area contributed by atoms with Crippen LogP contribution >= 0.6 is 22.6 Å². The van der Waals surface area contributed by atoms with E-state index >= 15 is 0 Å². The van der Waals surface area contributed by atoms with Gasteiger partial charge in [0.1, 0.15) is 11.8 Å². The SMILES string of the molecule is CCOC(=O)Cc1cc(C#N)c(I)cc1OC(F)F. The summed E-state index contributed by atoms with van der Waals surface area (Å²) in [5.41, 5.74) is 0.497. The summed E-state index contributed by atoms with van der Waals surface area (Å²) < 4.78 is 34.2. The molecule has 0 unspecified atom stereocenters. The molecule has 0 atom stereocenters. The summed E-state index contributed by atoms with van der Waals surface area (Å²) in [6.45, 7) is -1.16. The molecule has 0 aromatic heterocycles. The van der Waals surface area contributed by atoms with Crippen LogP contribution < -0.4 is 4.74 Å². The van der Waals surface area contributed by atoms with E-state index in [1.165, 1.54) is 12.1 Å². The zero-order valence-corrected chi connectivity index (χ0v) is 12.1. The van der Waals surface area contributed by atoms with Crippen molar-refractivity contribution < 1.29 is 23.0 Å². The Hall–Kier alpha value is -1.43. The lowest BCUT2D eigenvalue weighted by molar-refractivity contribution is -0.142. The van der Waals surface area contributed by atoms with E-state index in [0.29, 0.717) is 9.13 Å². The summed E-state index contributed by atoms with van der Waals surface area (Å²) in [6, 6.07) is 4.58. The molecule has 0 aliphatic carbocycles. The molecule has 0 heterocycles. The smallest absolute Gasteiger partial charge is 0.387 e. The number of ether oxygens (including phenoxy) is 2. The molecule has 7 heteroatoms. The van der Waals surface area contributed by atoms with Crippen molar-refractivity contribution in [3.05, 3.63) is 26.8 Å². The summed E-state index contributed by atoms with van der Waals surface area (Å²) in [6.07, 6.45) is -0.221. The van der Waals surface area contributed by atoms with Crippen molar-refractivity contribution in [3.8, 4) is 11.8 Å². The number of esters is 1. The number of halogens is 3. The van der Waals surface area contributed by atoms with E-state index < -0.39 is 12.6 Å². The normalized spacial score (nSPS) is 10.1. The van der Waals surface area contributed by atoms with Crippen molar-refractivity contribution in [2.45, 2.75) is 20.0 Å². The van der Waals surface area contributed by atoms with Crippen molar-refractivity contribution in [1.29, 1.82) is 5.26 Å². The van der Waals surface area contributed by atoms with Gasteiger partial charge in [0.15, 0.2) is 0 Å². The Morgan fingerprint density at radius 1 is 1.53 bits per heavy atom. The van der Waals surface area contributed by atoms with Crippen LogP contribution in [0, 0.1) is 14.9 Å². The molecular weight excluding hydrogens is 371 g/mol. The highest BCUT2D eigenvalue weighted by atomic mass is 127. The fraction of sp³-hybridized carbons (Fsp3) is 0.333. The van der Waals surface area contributed by atoms with Gasteiger partial charge in [-0.3, -0.25) is 4.79 Å². The Kier molecular flexibility index (Phi) is 5.95. The molecule has 0 saturated heterocycles. The van der Waals surface area contributed by atoms with Gasteiger partial charge in [-0.05, 0) is 41.6 Å². The Labute approximate surface area is 122 Å². The lowest BCUT2D eigenvalue weighted by Crippen LogP contribution is -2.11. The minimum atomic E-state index is -3.00. The molecular formula is C12H10F2INO3. The fourth-order valence-corrected chi connectivity index (χ4v) is 1.96. The number of nitriles is 1. The maximum absolute atomic E-state index is 12.3. The van der Waals surface area contributed by atoms with Crippen LogP contribution in [-0.2, 0) is 16.0 Å². The predicted molar refractivity (Wildman–Crippen MR) is 70.8 cm³/mol. The van der Waals surface area contributed by atoms with Crippen LogP contribution in [0.1, 0.15) is 18.1 Å². The Morgan fingerprint density at radius 3 is 2.74 bits per heavy atom. The zero-order valence-electron chi connectivity index (χ0n) is 9.95.